The van der Waals surface area contributed by atoms with E-state index in [1.165, 1.54) is 20.2 Å². The van der Waals surface area contributed by atoms with Crippen molar-refractivity contribution in [3.8, 4) is 0 Å². The zero-order chi connectivity index (χ0) is 17.3. The first-order valence-corrected chi connectivity index (χ1v) is 8.41. The van der Waals surface area contributed by atoms with Crippen molar-refractivity contribution in [3.63, 3.8) is 0 Å². The lowest BCUT2D eigenvalue weighted by atomic mass is 9.87. The maximum Gasteiger partial charge on any atom is 0.242 e. The van der Waals surface area contributed by atoms with E-state index < -0.39 is 16.1 Å². The fourth-order valence-electron chi connectivity index (χ4n) is 1.77. The van der Waals surface area contributed by atoms with Gasteiger partial charge >= 0.3 is 0 Å². The van der Waals surface area contributed by atoms with E-state index in [4.69, 9.17) is 5.73 Å². The van der Waals surface area contributed by atoms with Gasteiger partial charge in [-0.15, -0.1) is 12.4 Å². The van der Waals surface area contributed by atoms with E-state index in [2.05, 4.69) is 5.32 Å². The van der Waals surface area contributed by atoms with E-state index >= 15 is 0 Å². The molecule has 23 heavy (non-hydrogen) atoms. The lowest BCUT2D eigenvalue weighted by Crippen LogP contribution is -2.45. The van der Waals surface area contributed by atoms with Crippen LogP contribution in [-0.2, 0) is 14.8 Å². The number of nitrogens with two attached hydrogens (primary N) is 1. The number of rotatable bonds is 4. The number of hydrogen-bond donors (Lipinski definition) is 2. The lowest BCUT2D eigenvalue weighted by Gasteiger charge is -2.26. The molecule has 0 aliphatic carbocycles. The summed E-state index contributed by atoms with van der Waals surface area (Å²) < 4.78 is 25.7. The summed E-state index contributed by atoms with van der Waals surface area (Å²) in [6.07, 6.45) is 0. The summed E-state index contributed by atoms with van der Waals surface area (Å²) in [6, 6.07) is 4.09. The summed E-state index contributed by atoms with van der Waals surface area (Å²) >= 11 is 0. The van der Waals surface area contributed by atoms with Gasteiger partial charge in [0.2, 0.25) is 15.9 Å². The van der Waals surface area contributed by atoms with Crippen LogP contribution >= 0.6 is 12.4 Å². The molecular formula is C15H26ClN3O3S. The maximum absolute atomic E-state index is 12.3. The molecule has 1 atom stereocenters. The number of hydrogen-bond acceptors (Lipinski definition) is 4. The molecule has 0 aromatic heterocycles. The maximum atomic E-state index is 12.3. The topological polar surface area (TPSA) is 92.5 Å². The van der Waals surface area contributed by atoms with Gasteiger partial charge in [-0.1, -0.05) is 26.8 Å². The molecule has 1 aromatic rings. The Labute approximate surface area is 144 Å². The fraction of sp³-hybridized carbons (Fsp3) is 0.533. The van der Waals surface area contributed by atoms with Crippen LogP contribution in [0, 0.1) is 12.3 Å². The highest BCUT2D eigenvalue weighted by Gasteiger charge is 2.28. The summed E-state index contributed by atoms with van der Waals surface area (Å²) in [5.41, 5.74) is 6.55. The Morgan fingerprint density at radius 3 is 2.22 bits per heavy atom. The quantitative estimate of drug-likeness (QED) is 0.855. The van der Waals surface area contributed by atoms with Crippen molar-refractivity contribution in [1.82, 2.24) is 4.31 Å². The third kappa shape index (κ3) is 5.17. The van der Waals surface area contributed by atoms with Crippen molar-refractivity contribution >= 4 is 34.0 Å². The van der Waals surface area contributed by atoms with Crippen LogP contribution in [0.4, 0.5) is 5.69 Å². The van der Waals surface area contributed by atoms with Crippen molar-refractivity contribution in [1.29, 1.82) is 0 Å². The Balaban J connectivity index is 0.00000484. The molecule has 0 heterocycles. The van der Waals surface area contributed by atoms with Crippen LogP contribution in [0.25, 0.3) is 0 Å². The van der Waals surface area contributed by atoms with Gasteiger partial charge in [0.15, 0.2) is 0 Å². The van der Waals surface area contributed by atoms with E-state index in [-0.39, 0.29) is 28.6 Å². The molecule has 132 valence electrons. The number of halogens is 1. The van der Waals surface area contributed by atoms with Crippen molar-refractivity contribution in [2.45, 2.75) is 38.6 Å². The van der Waals surface area contributed by atoms with Crippen molar-refractivity contribution < 1.29 is 13.2 Å². The van der Waals surface area contributed by atoms with Crippen LogP contribution in [-0.4, -0.2) is 38.8 Å². The average molecular weight is 364 g/mol. The van der Waals surface area contributed by atoms with Gasteiger partial charge in [-0.25, -0.2) is 12.7 Å². The van der Waals surface area contributed by atoms with Gasteiger partial charge in [-0.2, -0.15) is 0 Å². The molecule has 1 amide bonds. The van der Waals surface area contributed by atoms with E-state index in [0.717, 1.165) is 4.31 Å². The number of benzene rings is 1. The molecule has 0 saturated heterocycles. The molecule has 0 spiro atoms. The van der Waals surface area contributed by atoms with E-state index in [0.29, 0.717) is 11.3 Å². The second kappa shape index (κ2) is 7.61. The Morgan fingerprint density at radius 1 is 1.26 bits per heavy atom. The molecule has 3 N–H and O–H groups in total. The van der Waals surface area contributed by atoms with Crippen molar-refractivity contribution in [3.05, 3.63) is 23.8 Å². The summed E-state index contributed by atoms with van der Waals surface area (Å²) in [4.78, 5) is 12.3. The molecule has 0 bridgehead atoms. The molecule has 0 aliphatic rings. The average Bonchev–Trinajstić information content (AvgIpc) is 2.38. The highest BCUT2D eigenvalue weighted by atomic mass is 35.5. The minimum Gasteiger partial charge on any atom is -0.325 e. The van der Waals surface area contributed by atoms with Gasteiger partial charge in [0.1, 0.15) is 0 Å². The monoisotopic (exact) mass is 363 g/mol. The van der Waals surface area contributed by atoms with Crippen LogP contribution in [0.15, 0.2) is 23.1 Å². The smallest absolute Gasteiger partial charge is 0.242 e. The Morgan fingerprint density at radius 2 is 1.78 bits per heavy atom. The third-order valence-electron chi connectivity index (χ3n) is 3.43. The molecule has 1 rings (SSSR count). The van der Waals surface area contributed by atoms with E-state index in [1.54, 1.807) is 19.1 Å². The fourth-order valence-corrected chi connectivity index (χ4v) is 2.91. The highest BCUT2D eigenvalue weighted by Crippen LogP contribution is 2.24. The lowest BCUT2D eigenvalue weighted by molar-refractivity contribution is -0.119. The predicted octanol–water partition coefficient (Wildman–Crippen LogP) is 1.98. The zero-order valence-electron chi connectivity index (χ0n) is 14.4. The largest absolute Gasteiger partial charge is 0.325 e. The molecule has 0 unspecified atom stereocenters. The van der Waals surface area contributed by atoms with Gasteiger partial charge in [0.25, 0.3) is 0 Å². The van der Waals surface area contributed by atoms with Crippen LogP contribution in [0.3, 0.4) is 0 Å². The minimum absolute atomic E-state index is 0. The number of amides is 1. The Kier molecular flexibility index (Phi) is 7.23. The molecule has 8 heteroatoms. The Hall–Kier alpha value is -1.15. The van der Waals surface area contributed by atoms with Crippen LogP contribution in [0.1, 0.15) is 26.3 Å². The summed E-state index contributed by atoms with van der Waals surface area (Å²) in [7, 11) is -0.628. The van der Waals surface area contributed by atoms with Crippen LogP contribution < -0.4 is 11.1 Å². The van der Waals surface area contributed by atoms with Crippen molar-refractivity contribution in [2.75, 3.05) is 19.4 Å². The molecule has 0 aliphatic heterocycles. The molecule has 1 aromatic carbocycles. The zero-order valence-corrected chi connectivity index (χ0v) is 16.0. The second-order valence-electron chi connectivity index (χ2n) is 6.60. The second-order valence-corrected chi connectivity index (χ2v) is 8.72. The molecule has 0 radical (unpaired) electrons. The third-order valence-corrected chi connectivity index (χ3v) is 5.39. The normalized spacial score (nSPS) is 13.4. The van der Waals surface area contributed by atoms with Crippen molar-refractivity contribution in [2.24, 2.45) is 11.1 Å². The number of carbonyl (C=O) groups is 1. The summed E-state index contributed by atoms with van der Waals surface area (Å²) in [5, 5.41) is 2.68. The molecule has 0 saturated carbocycles. The standard InChI is InChI=1S/C15H25N3O3S.ClH/c1-10-7-8-11(9-12(10)22(20,21)18(5)6)17-14(19)13(16)15(2,3)4;/h7-9,13H,16H2,1-6H3,(H,17,19);1H/t13-;/m1./s1. The van der Waals surface area contributed by atoms with Gasteiger partial charge in [0.05, 0.1) is 10.9 Å². The number of sulfonamides is 1. The first-order valence-electron chi connectivity index (χ1n) is 6.97. The first kappa shape index (κ1) is 21.9. The van der Waals surface area contributed by atoms with Gasteiger partial charge in [0, 0.05) is 19.8 Å². The van der Waals surface area contributed by atoms with Crippen LogP contribution in [0.2, 0.25) is 0 Å². The van der Waals surface area contributed by atoms with Gasteiger partial charge in [-0.05, 0) is 30.0 Å². The SMILES string of the molecule is Cc1ccc(NC(=O)[C@@H](N)C(C)(C)C)cc1S(=O)(=O)N(C)C.Cl. The summed E-state index contributed by atoms with van der Waals surface area (Å²) in [5.74, 6) is -0.343. The van der Waals surface area contributed by atoms with Crippen LogP contribution in [0.5, 0.6) is 0 Å². The number of anilines is 1. The number of nitrogens with zero attached hydrogens (tertiary/aromatic N) is 1. The highest BCUT2D eigenvalue weighted by molar-refractivity contribution is 7.89. The first-order chi connectivity index (χ1) is 9.87. The number of aryl methyl sites for hydroxylation is 1. The molecular weight excluding hydrogens is 338 g/mol. The number of carbonyl (C=O) groups excluding carboxylic acids is 1. The number of nitrogens with one attached hydrogen (secondary N) is 1. The predicted molar refractivity (Wildman–Crippen MR) is 95.4 cm³/mol. The van der Waals surface area contributed by atoms with Gasteiger partial charge < -0.3 is 11.1 Å². The molecule has 0 fully saturated rings. The van der Waals surface area contributed by atoms with E-state index in [9.17, 15) is 13.2 Å². The Bertz CT molecular complexity index is 667. The minimum atomic E-state index is -3.56. The van der Waals surface area contributed by atoms with Gasteiger partial charge in [-0.3, -0.25) is 4.79 Å². The molecule has 6 nitrogen and oxygen atoms in total. The van der Waals surface area contributed by atoms with E-state index in [1.807, 2.05) is 20.8 Å². The summed E-state index contributed by atoms with van der Waals surface area (Å²) in [6.45, 7) is 7.32.